The maximum atomic E-state index is 12.1. The summed E-state index contributed by atoms with van der Waals surface area (Å²) in [4.78, 5) is 13.4. The van der Waals surface area contributed by atoms with E-state index in [1.807, 2.05) is 19.9 Å². The predicted octanol–water partition coefficient (Wildman–Crippen LogP) is 1.59. The second kappa shape index (κ2) is 7.85. The highest BCUT2D eigenvalue weighted by atomic mass is 35.5. The van der Waals surface area contributed by atoms with Crippen LogP contribution in [0.1, 0.15) is 18.7 Å². The summed E-state index contributed by atoms with van der Waals surface area (Å²) in [5.74, 6) is 0.0336. The molecule has 19 heavy (non-hydrogen) atoms. The van der Waals surface area contributed by atoms with E-state index in [4.69, 9.17) is 4.74 Å². The van der Waals surface area contributed by atoms with Crippen molar-refractivity contribution in [3.05, 3.63) is 22.4 Å². The number of thiophene rings is 1. The van der Waals surface area contributed by atoms with E-state index in [1.165, 1.54) is 4.88 Å². The lowest BCUT2D eigenvalue weighted by atomic mass is 10.1. The Labute approximate surface area is 124 Å². The predicted molar refractivity (Wildman–Crippen MR) is 80.1 cm³/mol. The van der Waals surface area contributed by atoms with Crippen LogP contribution in [0.15, 0.2) is 17.5 Å². The molecule has 0 aliphatic carbocycles. The van der Waals surface area contributed by atoms with Crippen LogP contribution < -0.4 is 10.6 Å². The van der Waals surface area contributed by atoms with E-state index in [0.29, 0.717) is 6.61 Å². The Morgan fingerprint density at radius 1 is 1.68 bits per heavy atom. The second-order valence-corrected chi connectivity index (χ2v) is 5.73. The first kappa shape index (κ1) is 16.4. The summed E-state index contributed by atoms with van der Waals surface area (Å²) >= 11 is 1.72. The molecule has 1 fully saturated rings. The standard InChI is InChI=1S/C13H20N2O2S.ClH/c1-9(8-11-4-3-7-18-11)15-13(16)12-10(2)17-6-5-14-12;/h3-4,7,9-10,12,14H,5-6,8H2,1-2H3,(H,15,16);1H/t9?,10-,12+;/m1./s1. The number of hydrogen-bond acceptors (Lipinski definition) is 4. The molecule has 1 amide bonds. The summed E-state index contributed by atoms with van der Waals surface area (Å²) in [5.41, 5.74) is 0. The summed E-state index contributed by atoms with van der Waals surface area (Å²) in [6.45, 7) is 5.38. The Bertz CT molecular complexity index is 386. The molecule has 1 saturated heterocycles. The van der Waals surface area contributed by atoms with Crippen LogP contribution >= 0.6 is 23.7 Å². The number of nitrogens with one attached hydrogen (secondary N) is 2. The second-order valence-electron chi connectivity index (χ2n) is 4.70. The highest BCUT2D eigenvalue weighted by Crippen LogP contribution is 2.11. The molecule has 0 spiro atoms. The van der Waals surface area contributed by atoms with Crippen molar-refractivity contribution in [1.29, 1.82) is 0 Å². The molecule has 0 aromatic carbocycles. The van der Waals surface area contributed by atoms with Crippen LogP contribution in [-0.4, -0.2) is 37.2 Å². The molecule has 2 heterocycles. The lowest BCUT2D eigenvalue weighted by molar-refractivity contribution is -0.129. The fourth-order valence-electron chi connectivity index (χ4n) is 2.14. The minimum absolute atomic E-state index is 0. The number of amides is 1. The lowest BCUT2D eigenvalue weighted by Gasteiger charge is -2.30. The molecule has 0 saturated carbocycles. The van der Waals surface area contributed by atoms with E-state index in [-0.39, 0.29) is 36.5 Å². The van der Waals surface area contributed by atoms with E-state index in [0.717, 1.165) is 13.0 Å². The number of ether oxygens (including phenoxy) is 1. The van der Waals surface area contributed by atoms with Crippen molar-refractivity contribution in [1.82, 2.24) is 10.6 Å². The summed E-state index contributed by atoms with van der Waals surface area (Å²) in [6.07, 6.45) is 0.818. The molecule has 1 aliphatic rings. The van der Waals surface area contributed by atoms with Crippen molar-refractivity contribution < 1.29 is 9.53 Å². The molecule has 4 nitrogen and oxygen atoms in total. The quantitative estimate of drug-likeness (QED) is 0.888. The molecule has 0 radical (unpaired) electrons. The van der Waals surface area contributed by atoms with E-state index >= 15 is 0 Å². The average Bonchev–Trinajstić information content (AvgIpc) is 2.82. The van der Waals surface area contributed by atoms with Crippen molar-refractivity contribution in [3.63, 3.8) is 0 Å². The van der Waals surface area contributed by atoms with E-state index in [2.05, 4.69) is 22.1 Å². The molecule has 108 valence electrons. The Morgan fingerprint density at radius 2 is 2.47 bits per heavy atom. The molecule has 1 aromatic heterocycles. The zero-order chi connectivity index (χ0) is 13.0. The fraction of sp³-hybridized carbons (Fsp3) is 0.615. The van der Waals surface area contributed by atoms with Crippen LogP contribution in [0, 0.1) is 0 Å². The summed E-state index contributed by atoms with van der Waals surface area (Å²) < 4.78 is 5.48. The molecule has 1 aliphatic heterocycles. The third kappa shape index (κ3) is 4.76. The summed E-state index contributed by atoms with van der Waals surface area (Å²) in [5, 5.41) is 8.30. The van der Waals surface area contributed by atoms with E-state index < -0.39 is 0 Å². The maximum Gasteiger partial charge on any atom is 0.240 e. The van der Waals surface area contributed by atoms with Crippen LogP contribution in [0.4, 0.5) is 0 Å². The largest absolute Gasteiger partial charge is 0.375 e. The van der Waals surface area contributed by atoms with Crippen LogP contribution in [-0.2, 0) is 16.0 Å². The van der Waals surface area contributed by atoms with Crippen molar-refractivity contribution in [3.8, 4) is 0 Å². The Balaban J connectivity index is 0.00000180. The van der Waals surface area contributed by atoms with E-state index in [9.17, 15) is 4.79 Å². The van der Waals surface area contributed by atoms with Gasteiger partial charge in [-0.1, -0.05) is 6.07 Å². The Morgan fingerprint density at radius 3 is 3.11 bits per heavy atom. The van der Waals surface area contributed by atoms with Crippen molar-refractivity contribution in [2.45, 2.75) is 38.5 Å². The molecule has 2 N–H and O–H groups in total. The van der Waals surface area contributed by atoms with Gasteiger partial charge in [0.2, 0.25) is 5.91 Å². The number of carbonyl (C=O) groups excluding carboxylic acids is 1. The fourth-order valence-corrected chi connectivity index (χ4v) is 2.98. The van der Waals surface area contributed by atoms with Gasteiger partial charge in [0.25, 0.3) is 0 Å². The van der Waals surface area contributed by atoms with Crippen LogP contribution in [0.3, 0.4) is 0 Å². The normalized spacial score (nSPS) is 24.3. The van der Waals surface area contributed by atoms with Gasteiger partial charge in [0.05, 0.1) is 12.7 Å². The number of rotatable bonds is 4. The highest BCUT2D eigenvalue weighted by molar-refractivity contribution is 7.09. The third-order valence-electron chi connectivity index (χ3n) is 3.08. The zero-order valence-electron chi connectivity index (χ0n) is 11.2. The van der Waals surface area contributed by atoms with Crippen LogP contribution in [0.25, 0.3) is 0 Å². The molecule has 0 bridgehead atoms. The molecule has 2 rings (SSSR count). The molecular formula is C13H21ClN2O2S. The molecule has 1 unspecified atom stereocenters. The summed E-state index contributed by atoms with van der Waals surface area (Å²) in [7, 11) is 0. The van der Waals surface area contributed by atoms with Gasteiger partial charge in [-0.3, -0.25) is 4.79 Å². The van der Waals surface area contributed by atoms with Gasteiger partial charge in [0.1, 0.15) is 6.04 Å². The highest BCUT2D eigenvalue weighted by Gasteiger charge is 2.28. The molecule has 1 aromatic rings. The maximum absolute atomic E-state index is 12.1. The number of halogens is 1. The first-order valence-corrected chi connectivity index (χ1v) is 7.22. The first-order chi connectivity index (χ1) is 8.66. The minimum atomic E-state index is -0.232. The van der Waals surface area contributed by atoms with Gasteiger partial charge < -0.3 is 15.4 Å². The minimum Gasteiger partial charge on any atom is -0.375 e. The topological polar surface area (TPSA) is 50.4 Å². The van der Waals surface area contributed by atoms with Gasteiger partial charge >= 0.3 is 0 Å². The summed E-state index contributed by atoms with van der Waals surface area (Å²) in [6, 6.07) is 4.04. The van der Waals surface area contributed by atoms with Crippen LogP contribution in [0.5, 0.6) is 0 Å². The van der Waals surface area contributed by atoms with Gasteiger partial charge in [0.15, 0.2) is 0 Å². The lowest BCUT2D eigenvalue weighted by Crippen LogP contribution is -2.56. The number of hydrogen-bond donors (Lipinski definition) is 2. The smallest absolute Gasteiger partial charge is 0.240 e. The van der Waals surface area contributed by atoms with Gasteiger partial charge in [0, 0.05) is 23.9 Å². The molecule has 3 atom stereocenters. The van der Waals surface area contributed by atoms with Crippen LogP contribution in [0.2, 0.25) is 0 Å². The zero-order valence-corrected chi connectivity index (χ0v) is 12.9. The molecular weight excluding hydrogens is 284 g/mol. The number of carbonyl (C=O) groups is 1. The molecule has 6 heteroatoms. The van der Waals surface area contributed by atoms with Crippen molar-refractivity contribution in [2.24, 2.45) is 0 Å². The van der Waals surface area contributed by atoms with Crippen molar-refractivity contribution >= 4 is 29.7 Å². The number of morpholine rings is 1. The van der Waals surface area contributed by atoms with Gasteiger partial charge in [-0.25, -0.2) is 0 Å². The van der Waals surface area contributed by atoms with Gasteiger partial charge in [-0.05, 0) is 25.3 Å². The Kier molecular flexibility index (Phi) is 6.79. The van der Waals surface area contributed by atoms with Crippen molar-refractivity contribution in [2.75, 3.05) is 13.2 Å². The monoisotopic (exact) mass is 304 g/mol. The first-order valence-electron chi connectivity index (χ1n) is 6.34. The van der Waals surface area contributed by atoms with E-state index in [1.54, 1.807) is 11.3 Å². The van der Waals surface area contributed by atoms with Gasteiger partial charge in [-0.15, -0.1) is 23.7 Å². The van der Waals surface area contributed by atoms with Gasteiger partial charge in [-0.2, -0.15) is 0 Å². The third-order valence-corrected chi connectivity index (χ3v) is 3.97. The Hall–Kier alpha value is -0.620. The average molecular weight is 305 g/mol. The SMILES string of the molecule is CC(Cc1cccs1)NC(=O)[C@H]1NCCO[C@@H]1C.Cl.